The van der Waals surface area contributed by atoms with Gasteiger partial charge in [0.05, 0.1) is 5.88 Å². The van der Waals surface area contributed by atoms with Crippen molar-refractivity contribution in [2.75, 3.05) is 0 Å². The summed E-state index contributed by atoms with van der Waals surface area (Å²) in [6, 6.07) is 3.84. The summed E-state index contributed by atoms with van der Waals surface area (Å²) in [6.07, 6.45) is 0. The van der Waals surface area contributed by atoms with E-state index in [1.54, 1.807) is 17.4 Å². The molecule has 1 aromatic carbocycles. The number of hydrogen-bond donors (Lipinski definition) is 1. The second-order valence-electron chi connectivity index (χ2n) is 2.97. The molecule has 3 heteroatoms. The highest BCUT2D eigenvalue weighted by Gasteiger charge is 2.08. The van der Waals surface area contributed by atoms with Gasteiger partial charge in [-0.3, -0.25) is 0 Å². The fourth-order valence-corrected chi connectivity index (χ4v) is 2.69. The number of fused-ring (bicyclic) bond motifs is 1. The van der Waals surface area contributed by atoms with Gasteiger partial charge in [0.25, 0.3) is 0 Å². The first-order valence-electron chi connectivity index (χ1n) is 3.98. The van der Waals surface area contributed by atoms with Gasteiger partial charge in [-0.1, -0.05) is 0 Å². The Hall–Kier alpha value is -0.730. The average molecular weight is 213 g/mol. The fraction of sp³-hybridized carbons (Fsp3) is 0.200. The van der Waals surface area contributed by atoms with Gasteiger partial charge < -0.3 is 5.11 Å². The number of phenols is 1. The molecule has 13 heavy (non-hydrogen) atoms. The molecule has 1 nitrogen and oxygen atoms in total. The molecule has 0 atom stereocenters. The van der Waals surface area contributed by atoms with E-state index in [9.17, 15) is 5.11 Å². The van der Waals surface area contributed by atoms with E-state index in [2.05, 4.69) is 6.07 Å². The molecule has 0 saturated carbocycles. The monoisotopic (exact) mass is 212 g/mol. The number of rotatable bonds is 1. The zero-order valence-corrected chi connectivity index (χ0v) is 8.75. The van der Waals surface area contributed by atoms with Crippen LogP contribution >= 0.6 is 22.9 Å². The minimum absolute atomic E-state index is 0.308. The Bertz CT molecular complexity index is 447. The standard InChI is InChI=1S/C10H9ClOS/c1-6-7-2-3-13-10(7)4-9(12)8(6)5-11/h2-4,12H,5H2,1H3. The summed E-state index contributed by atoms with van der Waals surface area (Å²) in [6.45, 7) is 1.99. The van der Waals surface area contributed by atoms with Crippen molar-refractivity contribution in [1.29, 1.82) is 0 Å². The molecule has 0 aliphatic heterocycles. The highest BCUT2D eigenvalue weighted by molar-refractivity contribution is 7.17. The van der Waals surface area contributed by atoms with Gasteiger partial charge in [-0.15, -0.1) is 22.9 Å². The molecule has 1 N–H and O–H groups in total. The molecular formula is C10H9ClOS. The molecule has 0 aliphatic carbocycles. The van der Waals surface area contributed by atoms with Gasteiger partial charge in [-0.25, -0.2) is 0 Å². The van der Waals surface area contributed by atoms with Crippen molar-refractivity contribution in [1.82, 2.24) is 0 Å². The molecule has 0 radical (unpaired) electrons. The fourth-order valence-electron chi connectivity index (χ4n) is 1.48. The van der Waals surface area contributed by atoms with Crippen molar-refractivity contribution in [3.05, 3.63) is 28.6 Å². The van der Waals surface area contributed by atoms with Crippen LogP contribution < -0.4 is 0 Å². The number of halogens is 1. The highest BCUT2D eigenvalue weighted by Crippen LogP contribution is 2.33. The number of aryl methyl sites for hydroxylation is 1. The van der Waals surface area contributed by atoms with E-state index in [-0.39, 0.29) is 0 Å². The van der Waals surface area contributed by atoms with Crippen LogP contribution in [0.15, 0.2) is 17.5 Å². The molecular weight excluding hydrogens is 204 g/mol. The maximum atomic E-state index is 9.63. The zero-order valence-electron chi connectivity index (χ0n) is 7.17. The zero-order chi connectivity index (χ0) is 9.42. The number of alkyl halides is 1. The van der Waals surface area contributed by atoms with Crippen LogP contribution in [0.5, 0.6) is 5.75 Å². The molecule has 2 rings (SSSR count). The van der Waals surface area contributed by atoms with Crippen molar-refractivity contribution in [2.24, 2.45) is 0 Å². The van der Waals surface area contributed by atoms with Crippen LogP contribution in [0, 0.1) is 6.92 Å². The van der Waals surface area contributed by atoms with Crippen LogP contribution in [-0.4, -0.2) is 5.11 Å². The largest absolute Gasteiger partial charge is 0.508 e. The van der Waals surface area contributed by atoms with Crippen molar-refractivity contribution < 1.29 is 5.11 Å². The number of aromatic hydroxyl groups is 1. The minimum atomic E-state index is 0.308. The van der Waals surface area contributed by atoms with E-state index in [0.29, 0.717) is 11.6 Å². The van der Waals surface area contributed by atoms with Crippen molar-refractivity contribution in [2.45, 2.75) is 12.8 Å². The summed E-state index contributed by atoms with van der Waals surface area (Å²) < 4.78 is 1.11. The van der Waals surface area contributed by atoms with E-state index in [4.69, 9.17) is 11.6 Å². The Balaban J connectivity index is 2.85. The summed E-state index contributed by atoms with van der Waals surface area (Å²) >= 11 is 7.38. The van der Waals surface area contributed by atoms with E-state index >= 15 is 0 Å². The van der Waals surface area contributed by atoms with Gasteiger partial charge in [0.1, 0.15) is 5.75 Å². The lowest BCUT2D eigenvalue weighted by Crippen LogP contribution is -1.85. The molecule has 1 aromatic heterocycles. The van der Waals surface area contributed by atoms with E-state index < -0.39 is 0 Å². The Labute approximate surface area is 85.6 Å². The third-order valence-electron chi connectivity index (χ3n) is 2.26. The van der Waals surface area contributed by atoms with Crippen molar-refractivity contribution >= 4 is 33.0 Å². The van der Waals surface area contributed by atoms with Crippen molar-refractivity contribution in [3.8, 4) is 5.75 Å². The molecule has 0 saturated heterocycles. The molecule has 1 heterocycles. The van der Waals surface area contributed by atoms with Crippen molar-refractivity contribution in [3.63, 3.8) is 0 Å². The number of hydrogen-bond acceptors (Lipinski definition) is 2. The second-order valence-corrected chi connectivity index (χ2v) is 4.18. The van der Waals surface area contributed by atoms with Gasteiger partial charge in [-0.05, 0) is 35.4 Å². The lowest BCUT2D eigenvalue weighted by Gasteiger charge is -2.06. The van der Waals surface area contributed by atoms with Gasteiger partial charge >= 0.3 is 0 Å². The molecule has 0 bridgehead atoms. The third kappa shape index (κ3) is 1.30. The van der Waals surface area contributed by atoms with E-state index in [1.807, 2.05) is 12.3 Å². The molecule has 68 valence electrons. The molecule has 0 aliphatic rings. The number of benzene rings is 1. The predicted octanol–water partition coefficient (Wildman–Crippen LogP) is 3.65. The summed E-state index contributed by atoms with van der Waals surface area (Å²) in [5.74, 6) is 0.672. The van der Waals surface area contributed by atoms with Crippen LogP contribution in [0.2, 0.25) is 0 Å². The maximum absolute atomic E-state index is 9.63. The first-order valence-corrected chi connectivity index (χ1v) is 5.40. The Morgan fingerprint density at radius 3 is 3.00 bits per heavy atom. The smallest absolute Gasteiger partial charge is 0.121 e. The normalized spacial score (nSPS) is 10.9. The topological polar surface area (TPSA) is 20.2 Å². The van der Waals surface area contributed by atoms with Gasteiger partial charge in [0, 0.05) is 10.3 Å². The van der Waals surface area contributed by atoms with Gasteiger partial charge in [0.2, 0.25) is 0 Å². The molecule has 0 unspecified atom stereocenters. The lowest BCUT2D eigenvalue weighted by molar-refractivity contribution is 0.471. The summed E-state index contributed by atoms with van der Waals surface area (Å²) in [5.41, 5.74) is 1.93. The van der Waals surface area contributed by atoms with Crippen LogP contribution in [0.1, 0.15) is 11.1 Å². The molecule has 0 spiro atoms. The lowest BCUT2D eigenvalue weighted by atomic mass is 10.1. The maximum Gasteiger partial charge on any atom is 0.121 e. The number of phenolic OH excluding ortho intramolecular Hbond substituents is 1. The average Bonchev–Trinajstić information content (AvgIpc) is 2.53. The summed E-state index contributed by atoms with van der Waals surface area (Å²) in [4.78, 5) is 0. The highest BCUT2D eigenvalue weighted by atomic mass is 35.5. The van der Waals surface area contributed by atoms with Crippen LogP contribution in [0.3, 0.4) is 0 Å². The third-order valence-corrected chi connectivity index (χ3v) is 3.39. The quantitative estimate of drug-likeness (QED) is 0.716. The number of thiophene rings is 1. The molecule has 0 fully saturated rings. The Kier molecular flexibility index (Phi) is 2.18. The Morgan fingerprint density at radius 1 is 1.54 bits per heavy atom. The molecule has 2 aromatic rings. The van der Waals surface area contributed by atoms with Crippen LogP contribution in [0.4, 0.5) is 0 Å². The van der Waals surface area contributed by atoms with Crippen LogP contribution in [-0.2, 0) is 5.88 Å². The predicted molar refractivity (Wildman–Crippen MR) is 57.8 cm³/mol. The van der Waals surface area contributed by atoms with Gasteiger partial charge in [0.15, 0.2) is 0 Å². The summed E-state index contributed by atoms with van der Waals surface area (Å²) in [7, 11) is 0. The first kappa shape index (κ1) is 8.85. The first-order chi connectivity index (χ1) is 6.24. The Morgan fingerprint density at radius 2 is 2.31 bits per heavy atom. The second kappa shape index (κ2) is 3.20. The van der Waals surface area contributed by atoms with E-state index in [1.165, 1.54) is 5.39 Å². The van der Waals surface area contributed by atoms with Crippen LogP contribution in [0.25, 0.3) is 10.1 Å². The van der Waals surface area contributed by atoms with Gasteiger partial charge in [-0.2, -0.15) is 0 Å². The van der Waals surface area contributed by atoms with E-state index in [0.717, 1.165) is 15.8 Å². The summed E-state index contributed by atoms with van der Waals surface area (Å²) in [5, 5.41) is 12.8. The molecule has 0 amide bonds. The minimum Gasteiger partial charge on any atom is -0.508 e. The SMILES string of the molecule is Cc1c(CCl)c(O)cc2sccc12.